The minimum absolute atomic E-state index is 0.174. The van der Waals surface area contributed by atoms with Gasteiger partial charge in [-0.25, -0.2) is 0 Å². The first-order valence-electron chi connectivity index (χ1n) is 21.8. The topological polar surface area (TPSA) is 16.4 Å². The number of benzene rings is 10. The van der Waals surface area contributed by atoms with Gasteiger partial charge in [0.1, 0.15) is 11.2 Å². The number of furan rings is 1. The van der Waals surface area contributed by atoms with E-state index in [4.69, 9.17) is 4.42 Å². The van der Waals surface area contributed by atoms with Crippen molar-refractivity contribution in [1.29, 1.82) is 0 Å². The second kappa shape index (κ2) is 14.6. The average molecular weight is 806 g/mol. The number of nitrogens with zero attached hydrogens (tertiary/aromatic N) is 1. The van der Waals surface area contributed by atoms with Crippen LogP contribution >= 0.6 is 0 Å². The van der Waals surface area contributed by atoms with Gasteiger partial charge in [-0.1, -0.05) is 208 Å². The largest absolute Gasteiger partial charge is 0.455 e. The van der Waals surface area contributed by atoms with Gasteiger partial charge in [-0.2, -0.15) is 0 Å². The van der Waals surface area contributed by atoms with Crippen molar-refractivity contribution in [2.75, 3.05) is 4.90 Å². The Labute approximate surface area is 368 Å². The highest BCUT2D eigenvalue weighted by molar-refractivity contribution is 6.14. The van der Waals surface area contributed by atoms with Gasteiger partial charge in [0.05, 0.1) is 11.4 Å². The van der Waals surface area contributed by atoms with Crippen LogP contribution in [0.15, 0.2) is 229 Å². The molecule has 1 aromatic heterocycles. The second-order valence-corrected chi connectivity index (χ2v) is 17.2. The summed E-state index contributed by atoms with van der Waals surface area (Å²) in [7, 11) is 0. The number of rotatable bonds is 7. The van der Waals surface area contributed by atoms with E-state index in [0.29, 0.717) is 0 Å². The Kier molecular flexibility index (Phi) is 8.55. The van der Waals surface area contributed by atoms with Crippen LogP contribution in [0.1, 0.15) is 25.0 Å². The summed E-state index contributed by atoms with van der Waals surface area (Å²) in [4.78, 5) is 2.51. The van der Waals surface area contributed by atoms with E-state index in [-0.39, 0.29) is 5.41 Å². The zero-order chi connectivity index (χ0) is 42.1. The normalized spacial score (nSPS) is 12.7. The van der Waals surface area contributed by atoms with Crippen LogP contribution in [0.3, 0.4) is 0 Å². The van der Waals surface area contributed by atoms with Crippen molar-refractivity contribution < 1.29 is 4.42 Å². The number of para-hydroxylation sites is 2. The molecule has 0 saturated carbocycles. The van der Waals surface area contributed by atoms with Gasteiger partial charge in [-0.3, -0.25) is 0 Å². The minimum Gasteiger partial charge on any atom is -0.455 e. The van der Waals surface area contributed by atoms with Crippen molar-refractivity contribution in [3.8, 4) is 55.6 Å². The van der Waals surface area contributed by atoms with E-state index >= 15 is 0 Å². The molecule has 1 aliphatic carbocycles. The van der Waals surface area contributed by atoms with Gasteiger partial charge in [-0.15, -0.1) is 0 Å². The van der Waals surface area contributed by atoms with E-state index in [1.807, 2.05) is 6.07 Å². The fraction of sp³-hybridized carbons (Fsp3) is 0.0492. The average Bonchev–Trinajstić information content (AvgIpc) is 3.84. The lowest BCUT2D eigenvalue weighted by Crippen LogP contribution is -2.17. The molecule has 0 fully saturated rings. The Morgan fingerprint density at radius 2 is 0.921 bits per heavy atom. The number of hydrogen-bond acceptors (Lipinski definition) is 2. The molecule has 298 valence electrons. The Hall–Kier alpha value is -7.94. The van der Waals surface area contributed by atoms with Gasteiger partial charge in [0.2, 0.25) is 0 Å². The Morgan fingerprint density at radius 3 is 1.73 bits per heavy atom. The van der Waals surface area contributed by atoms with Crippen molar-refractivity contribution in [1.82, 2.24) is 0 Å². The predicted octanol–water partition coefficient (Wildman–Crippen LogP) is 17.2. The Bertz CT molecular complexity index is 3520. The molecule has 0 bridgehead atoms. The summed E-state index contributed by atoms with van der Waals surface area (Å²) in [5.41, 5.74) is 19.6. The third-order valence-corrected chi connectivity index (χ3v) is 13.3. The number of hydrogen-bond donors (Lipinski definition) is 0. The highest BCUT2D eigenvalue weighted by Crippen LogP contribution is 2.53. The lowest BCUT2D eigenvalue weighted by atomic mass is 9.82. The zero-order valence-corrected chi connectivity index (χ0v) is 35.2. The SMILES string of the molecule is CC1(C)c2ccccc2-c2ccc(N(c3cccc(-c4ccccc4)c3-c3ccc(-c4ccccc4)cc3)c3ccc(-c4cccc5c4oc4ccccc45)c4ccccc34)cc21. The maximum atomic E-state index is 6.64. The molecule has 0 N–H and O–H groups in total. The lowest BCUT2D eigenvalue weighted by Gasteiger charge is -2.32. The lowest BCUT2D eigenvalue weighted by molar-refractivity contribution is 0.660. The molecule has 2 nitrogen and oxygen atoms in total. The highest BCUT2D eigenvalue weighted by atomic mass is 16.3. The molecule has 10 aromatic carbocycles. The van der Waals surface area contributed by atoms with E-state index in [1.165, 1.54) is 50.1 Å². The first kappa shape index (κ1) is 36.9. The van der Waals surface area contributed by atoms with E-state index in [2.05, 4.69) is 237 Å². The first-order valence-corrected chi connectivity index (χ1v) is 21.8. The zero-order valence-electron chi connectivity index (χ0n) is 35.2. The van der Waals surface area contributed by atoms with Crippen molar-refractivity contribution in [2.24, 2.45) is 0 Å². The van der Waals surface area contributed by atoms with Crippen molar-refractivity contribution >= 4 is 49.8 Å². The first-order chi connectivity index (χ1) is 31.0. The van der Waals surface area contributed by atoms with E-state index in [0.717, 1.165) is 66.5 Å². The molecule has 0 saturated heterocycles. The van der Waals surface area contributed by atoms with Crippen LogP contribution in [0, 0.1) is 0 Å². The molecular weight excluding hydrogens is 763 g/mol. The van der Waals surface area contributed by atoms with Crippen molar-refractivity contribution in [3.63, 3.8) is 0 Å². The molecule has 11 aromatic rings. The van der Waals surface area contributed by atoms with Crippen molar-refractivity contribution in [2.45, 2.75) is 19.3 Å². The summed E-state index contributed by atoms with van der Waals surface area (Å²) >= 11 is 0. The molecule has 1 aliphatic rings. The summed E-state index contributed by atoms with van der Waals surface area (Å²) in [6.45, 7) is 4.73. The number of anilines is 3. The second-order valence-electron chi connectivity index (χ2n) is 17.2. The molecule has 1 heterocycles. The molecule has 0 spiro atoms. The smallest absolute Gasteiger partial charge is 0.143 e. The molecular formula is C61H43NO. The fourth-order valence-electron chi connectivity index (χ4n) is 10.3. The molecule has 0 radical (unpaired) electrons. The van der Waals surface area contributed by atoms with Crippen LogP contribution in [0.5, 0.6) is 0 Å². The Morgan fingerprint density at radius 1 is 0.349 bits per heavy atom. The van der Waals surface area contributed by atoms with Gasteiger partial charge in [0.25, 0.3) is 0 Å². The third-order valence-electron chi connectivity index (χ3n) is 13.3. The Balaban J connectivity index is 1.13. The van der Waals surface area contributed by atoms with Crippen LogP contribution in [0.2, 0.25) is 0 Å². The summed E-state index contributed by atoms with van der Waals surface area (Å²) < 4.78 is 6.64. The van der Waals surface area contributed by atoms with Gasteiger partial charge < -0.3 is 9.32 Å². The molecule has 63 heavy (non-hydrogen) atoms. The highest BCUT2D eigenvalue weighted by Gasteiger charge is 2.36. The van der Waals surface area contributed by atoms with Gasteiger partial charge in [0, 0.05) is 38.4 Å². The molecule has 2 heteroatoms. The van der Waals surface area contributed by atoms with E-state index in [9.17, 15) is 0 Å². The van der Waals surface area contributed by atoms with E-state index < -0.39 is 0 Å². The summed E-state index contributed by atoms with van der Waals surface area (Å²) in [6, 6.07) is 81.7. The molecule has 0 aliphatic heterocycles. The summed E-state index contributed by atoms with van der Waals surface area (Å²) in [5, 5.41) is 4.57. The van der Waals surface area contributed by atoms with Crippen LogP contribution < -0.4 is 4.90 Å². The van der Waals surface area contributed by atoms with Gasteiger partial charge in [0.15, 0.2) is 0 Å². The van der Waals surface area contributed by atoms with Crippen LogP contribution in [0.25, 0.3) is 88.3 Å². The van der Waals surface area contributed by atoms with Crippen LogP contribution in [0.4, 0.5) is 17.1 Å². The van der Waals surface area contributed by atoms with Crippen LogP contribution in [-0.2, 0) is 5.41 Å². The van der Waals surface area contributed by atoms with Crippen molar-refractivity contribution in [3.05, 3.63) is 236 Å². The molecule has 0 atom stereocenters. The maximum Gasteiger partial charge on any atom is 0.143 e. The fourth-order valence-corrected chi connectivity index (χ4v) is 10.3. The molecule has 0 unspecified atom stereocenters. The minimum atomic E-state index is -0.174. The predicted molar refractivity (Wildman–Crippen MR) is 265 cm³/mol. The summed E-state index contributed by atoms with van der Waals surface area (Å²) in [5.74, 6) is 0. The van der Waals surface area contributed by atoms with E-state index in [1.54, 1.807) is 0 Å². The third kappa shape index (κ3) is 5.94. The molecule has 12 rings (SSSR count). The van der Waals surface area contributed by atoms with Gasteiger partial charge in [-0.05, 0) is 91.4 Å². The maximum absolute atomic E-state index is 6.64. The summed E-state index contributed by atoms with van der Waals surface area (Å²) in [6.07, 6.45) is 0. The number of fused-ring (bicyclic) bond motifs is 7. The quantitative estimate of drug-likeness (QED) is 0.160. The standard InChI is InChI=1S/C61H43NO/c1-61(2)54-28-13-11-22-48(54)49-36-35-44(39-55(49)61)62(56-38-37-47(46-21-9-10-23-50(46)56)52-26-15-27-53-51-24-12-14-30-58(51)63-60(52)53)57-29-16-25-45(42-19-7-4-8-20-42)59(57)43-33-31-41(32-34-43)40-17-5-3-6-18-40/h3-39H,1-2H3. The van der Waals surface area contributed by atoms with Gasteiger partial charge >= 0.3 is 0 Å². The molecule has 0 amide bonds. The van der Waals surface area contributed by atoms with Crippen LogP contribution in [-0.4, -0.2) is 0 Å². The monoisotopic (exact) mass is 805 g/mol.